The van der Waals surface area contributed by atoms with Crippen LogP contribution in [-0.4, -0.2) is 25.1 Å². The Bertz CT molecular complexity index is 746. The minimum absolute atomic E-state index is 0.0270. The van der Waals surface area contributed by atoms with Gasteiger partial charge in [-0.25, -0.2) is 4.79 Å². The van der Waals surface area contributed by atoms with Crippen molar-refractivity contribution in [3.05, 3.63) is 54.1 Å². The normalized spacial score (nSPS) is 12.8. The summed E-state index contributed by atoms with van der Waals surface area (Å²) >= 11 is 0. The number of rotatable bonds is 3. The molecule has 2 aromatic carbocycles. The highest BCUT2D eigenvalue weighted by Crippen LogP contribution is 2.34. The number of benzene rings is 2. The molecule has 2 aromatic rings. The quantitative estimate of drug-likeness (QED) is 0.911. The van der Waals surface area contributed by atoms with E-state index in [-0.39, 0.29) is 11.9 Å². The molecule has 1 aliphatic heterocycles. The van der Waals surface area contributed by atoms with E-state index in [1.165, 1.54) is 6.92 Å². The first-order chi connectivity index (χ1) is 11.6. The van der Waals surface area contributed by atoms with Gasteiger partial charge >= 0.3 is 6.03 Å². The molecule has 0 spiro atoms. The van der Waals surface area contributed by atoms with Crippen LogP contribution in [0, 0.1) is 0 Å². The summed E-state index contributed by atoms with van der Waals surface area (Å²) in [6.45, 7) is 2.95. The van der Waals surface area contributed by atoms with Gasteiger partial charge in [-0.1, -0.05) is 30.3 Å². The molecule has 6 nitrogen and oxygen atoms in total. The van der Waals surface area contributed by atoms with Gasteiger partial charge in [-0.3, -0.25) is 4.79 Å². The van der Waals surface area contributed by atoms with Gasteiger partial charge in [0.25, 0.3) is 0 Å². The van der Waals surface area contributed by atoms with E-state index in [2.05, 4.69) is 10.6 Å². The number of anilines is 2. The van der Waals surface area contributed by atoms with Crippen LogP contribution in [0.1, 0.15) is 12.5 Å². The summed E-state index contributed by atoms with van der Waals surface area (Å²) in [5.74, 6) is 0.568. The monoisotopic (exact) mass is 325 g/mol. The molecule has 0 saturated carbocycles. The third-order valence-electron chi connectivity index (χ3n) is 3.76. The Morgan fingerprint density at radius 3 is 2.71 bits per heavy atom. The number of nitrogens with zero attached hydrogens (tertiary/aromatic N) is 1. The summed E-state index contributed by atoms with van der Waals surface area (Å²) < 4.78 is 5.59. The summed E-state index contributed by atoms with van der Waals surface area (Å²) in [6, 6.07) is 14.7. The molecule has 0 fully saturated rings. The molecule has 1 heterocycles. The van der Waals surface area contributed by atoms with E-state index >= 15 is 0 Å². The number of fused-ring (bicyclic) bond motifs is 1. The van der Waals surface area contributed by atoms with Crippen LogP contribution in [0.3, 0.4) is 0 Å². The number of hydrogen-bond acceptors (Lipinski definition) is 3. The molecule has 0 unspecified atom stereocenters. The predicted octanol–water partition coefficient (Wildman–Crippen LogP) is 2.75. The highest BCUT2D eigenvalue weighted by molar-refractivity contribution is 5.95. The van der Waals surface area contributed by atoms with Gasteiger partial charge < -0.3 is 20.3 Å². The number of carbonyl (C=O) groups excluding carboxylic acids is 2. The molecular weight excluding hydrogens is 306 g/mol. The van der Waals surface area contributed by atoms with E-state index in [1.807, 2.05) is 30.3 Å². The first-order valence-corrected chi connectivity index (χ1v) is 7.77. The molecule has 6 heteroatoms. The summed E-state index contributed by atoms with van der Waals surface area (Å²) in [5.41, 5.74) is 2.37. The van der Waals surface area contributed by atoms with Crippen LogP contribution >= 0.6 is 0 Å². The Kier molecular flexibility index (Phi) is 4.65. The first-order valence-electron chi connectivity index (χ1n) is 7.77. The summed E-state index contributed by atoms with van der Waals surface area (Å²) in [4.78, 5) is 25.3. The SMILES string of the molecule is CC(=O)N1CCOc2cc(NC(=O)NCc3ccccc3)ccc21. The van der Waals surface area contributed by atoms with E-state index in [4.69, 9.17) is 4.74 Å². The van der Waals surface area contributed by atoms with Crippen LogP contribution in [0.4, 0.5) is 16.2 Å². The average molecular weight is 325 g/mol. The molecule has 0 radical (unpaired) electrons. The Balaban J connectivity index is 1.63. The fraction of sp³-hybridized carbons (Fsp3) is 0.222. The van der Waals surface area contributed by atoms with Crippen LogP contribution in [0.2, 0.25) is 0 Å². The third kappa shape index (κ3) is 3.65. The lowest BCUT2D eigenvalue weighted by atomic mass is 10.2. The molecule has 0 saturated heterocycles. The number of nitrogens with one attached hydrogen (secondary N) is 2. The molecule has 1 aliphatic rings. The van der Waals surface area contributed by atoms with E-state index in [9.17, 15) is 9.59 Å². The molecule has 0 aliphatic carbocycles. The lowest BCUT2D eigenvalue weighted by Crippen LogP contribution is -2.36. The van der Waals surface area contributed by atoms with Crippen molar-refractivity contribution in [3.8, 4) is 5.75 Å². The van der Waals surface area contributed by atoms with Crippen molar-refractivity contribution in [3.63, 3.8) is 0 Å². The lowest BCUT2D eigenvalue weighted by Gasteiger charge is -2.29. The van der Waals surface area contributed by atoms with Gasteiger partial charge in [0.15, 0.2) is 0 Å². The minimum atomic E-state index is -0.293. The Morgan fingerprint density at radius 2 is 1.96 bits per heavy atom. The number of carbonyl (C=O) groups is 2. The Morgan fingerprint density at radius 1 is 1.17 bits per heavy atom. The zero-order valence-corrected chi connectivity index (χ0v) is 13.4. The van der Waals surface area contributed by atoms with Gasteiger partial charge in [0.1, 0.15) is 12.4 Å². The van der Waals surface area contributed by atoms with Crippen molar-refractivity contribution < 1.29 is 14.3 Å². The zero-order valence-electron chi connectivity index (χ0n) is 13.4. The highest BCUT2D eigenvalue weighted by Gasteiger charge is 2.21. The first kappa shape index (κ1) is 15.9. The Hall–Kier alpha value is -3.02. The van der Waals surface area contributed by atoms with Crippen molar-refractivity contribution in [1.29, 1.82) is 0 Å². The van der Waals surface area contributed by atoms with Crippen molar-refractivity contribution in [2.45, 2.75) is 13.5 Å². The molecular formula is C18H19N3O3. The van der Waals surface area contributed by atoms with Gasteiger partial charge in [-0.15, -0.1) is 0 Å². The maximum Gasteiger partial charge on any atom is 0.319 e. The molecule has 124 valence electrons. The predicted molar refractivity (Wildman–Crippen MR) is 92.3 cm³/mol. The van der Waals surface area contributed by atoms with Crippen molar-refractivity contribution in [2.75, 3.05) is 23.4 Å². The average Bonchev–Trinajstić information content (AvgIpc) is 2.60. The van der Waals surface area contributed by atoms with Crippen LogP contribution in [0.5, 0.6) is 5.75 Å². The van der Waals surface area contributed by atoms with Gasteiger partial charge in [-0.2, -0.15) is 0 Å². The minimum Gasteiger partial charge on any atom is -0.489 e. The van der Waals surface area contributed by atoms with Crippen LogP contribution in [0.15, 0.2) is 48.5 Å². The Labute approximate surface area is 140 Å². The van der Waals surface area contributed by atoms with E-state index < -0.39 is 0 Å². The maximum atomic E-state index is 12.0. The second kappa shape index (κ2) is 7.04. The molecule has 0 bridgehead atoms. The largest absolute Gasteiger partial charge is 0.489 e. The van der Waals surface area contributed by atoms with Crippen LogP contribution in [0.25, 0.3) is 0 Å². The standard InChI is InChI=1S/C18H19N3O3/c1-13(22)21-9-10-24-17-11-15(7-8-16(17)21)20-18(23)19-12-14-5-3-2-4-6-14/h2-8,11H,9-10,12H2,1H3,(H2,19,20,23). The topological polar surface area (TPSA) is 70.7 Å². The molecule has 24 heavy (non-hydrogen) atoms. The fourth-order valence-electron chi connectivity index (χ4n) is 2.58. The fourth-order valence-corrected chi connectivity index (χ4v) is 2.58. The van der Waals surface area contributed by atoms with Crippen molar-refractivity contribution in [1.82, 2.24) is 5.32 Å². The molecule has 0 aromatic heterocycles. The number of amides is 3. The zero-order chi connectivity index (χ0) is 16.9. The summed E-state index contributed by atoms with van der Waals surface area (Å²) in [7, 11) is 0. The van der Waals surface area contributed by atoms with Gasteiger partial charge in [0.05, 0.1) is 12.2 Å². The van der Waals surface area contributed by atoms with Gasteiger partial charge in [-0.05, 0) is 17.7 Å². The number of hydrogen-bond donors (Lipinski definition) is 2. The molecule has 3 amide bonds. The van der Waals surface area contributed by atoms with E-state index in [0.717, 1.165) is 11.3 Å². The third-order valence-corrected chi connectivity index (χ3v) is 3.76. The lowest BCUT2D eigenvalue weighted by molar-refractivity contribution is -0.116. The van der Waals surface area contributed by atoms with Crippen molar-refractivity contribution >= 4 is 23.3 Å². The van der Waals surface area contributed by atoms with E-state index in [0.29, 0.717) is 31.1 Å². The molecule has 0 atom stereocenters. The van der Waals surface area contributed by atoms with Gasteiger partial charge in [0, 0.05) is 25.2 Å². The number of urea groups is 1. The summed E-state index contributed by atoms with van der Waals surface area (Å²) in [6.07, 6.45) is 0. The highest BCUT2D eigenvalue weighted by atomic mass is 16.5. The molecule has 3 rings (SSSR count). The maximum absolute atomic E-state index is 12.0. The molecule has 2 N–H and O–H groups in total. The van der Waals surface area contributed by atoms with E-state index in [1.54, 1.807) is 23.1 Å². The van der Waals surface area contributed by atoms with Gasteiger partial charge in [0.2, 0.25) is 5.91 Å². The van der Waals surface area contributed by atoms with Crippen LogP contribution in [-0.2, 0) is 11.3 Å². The second-order valence-corrected chi connectivity index (χ2v) is 5.49. The smallest absolute Gasteiger partial charge is 0.319 e. The second-order valence-electron chi connectivity index (χ2n) is 5.49. The summed E-state index contributed by atoms with van der Waals surface area (Å²) in [5, 5.41) is 5.57. The van der Waals surface area contributed by atoms with Crippen molar-refractivity contribution in [2.24, 2.45) is 0 Å². The van der Waals surface area contributed by atoms with Crippen LogP contribution < -0.4 is 20.3 Å². The number of ether oxygens (including phenoxy) is 1.